The van der Waals surface area contributed by atoms with Crippen LogP contribution in [0, 0.1) is 13.8 Å². The van der Waals surface area contributed by atoms with Gasteiger partial charge in [0.05, 0.1) is 28.2 Å². The van der Waals surface area contributed by atoms with Crippen LogP contribution < -0.4 is 24.6 Å². The molecule has 0 fully saturated rings. The maximum absolute atomic E-state index is 13.4. The number of ether oxygens (including phenoxy) is 4. The average Bonchev–Trinajstić information content (AvgIpc) is 3.14. The van der Waals surface area contributed by atoms with Crippen molar-refractivity contribution < 1.29 is 40.5 Å². The van der Waals surface area contributed by atoms with Crippen LogP contribution in [0.5, 0.6) is 23.0 Å². The predicted molar refractivity (Wildman–Crippen MR) is 155 cm³/mol. The molecule has 0 aliphatic heterocycles. The quantitative estimate of drug-likeness (QED) is 0.209. The van der Waals surface area contributed by atoms with Crippen molar-refractivity contribution in [1.29, 1.82) is 0 Å². The maximum Gasteiger partial charge on any atom is 0.422 e. The largest absolute Gasteiger partial charge is 0.493 e. The minimum absolute atomic E-state index is 0.00361. The number of anilines is 1. The van der Waals surface area contributed by atoms with Gasteiger partial charge in [0, 0.05) is 58.5 Å². The van der Waals surface area contributed by atoms with Gasteiger partial charge in [-0.25, -0.2) is 13.2 Å². The smallest absolute Gasteiger partial charge is 0.422 e. The molecular formula is C29H32F3N3O7S. The Morgan fingerprint density at radius 3 is 2.09 bits per heavy atom. The monoisotopic (exact) mass is 623 g/mol. The molecule has 3 aromatic carbocycles. The van der Waals surface area contributed by atoms with Gasteiger partial charge in [0.2, 0.25) is 0 Å². The third kappa shape index (κ3) is 7.62. The number of imidazole rings is 1. The molecule has 43 heavy (non-hydrogen) atoms. The molecule has 4 aromatic rings. The van der Waals surface area contributed by atoms with Crippen molar-refractivity contribution in [2.75, 3.05) is 31.7 Å². The molecule has 0 bridgehead atoms. The second-order valence-corrected chi connectivity index (χ2v) is 11.6. The molecule has 0 aliphatic rings. The van der Waals surface area contributed by atoms with E-state index in [0.717, 1.165) is 11.1 Å². The molecular weight excluding hydrogens is 591 g/mol. The topological polar surface area (TPSA) is 110 Å². The lowest BCUT2D eigenvalue weighted by Gasteiger charge is -2.17. The second-order valence-electron chi connectivity index (χ2n) is 9.93. The van der Waals surface area contributed by atoms with E-state index >= 15 is 0 Å². The lowest BCUT2D eigenvalue weighted by Crippen LogP contribution is -2.19. The van der Waals surface area contributed by atoms with Crippen molar-refractivity contribution in [3.63, 3.8) is 0 Å². The van der Waals surface area contributed by atoms with E-state index in [0.29, 0.717) is 24.1 Å². The molecule has 0 radical (unpaired) electrons. The minimum atomic E-state index is -4.58. The number of sulfonamides is 1. The number of aromatic nitrogens is 2. The van der Waals surface area contributed by atoms with Gasteiger partial charge in [0.1, 0.15) is 17.2 Å². The average molecular weight is 624 g/mol. The fourth-order valence-corrected chi connectivity index (χ4v) is 5.38. The number of halogens is 3. The minimum Gasteiger partial charge on any atom is -0.493 e. The van der Waals surface area contributed by atoms with E-state index in [9.17, 15) is 26.4 Å². The lowest BCUT2D eigenvalue weighted by atomic mass is 10.1. The number of benzene rings is 3. The van der Waals surface area contributed by atoms with Gasteiger partial charge >= 0.3 is 11.9 Å². The Bertz CT molecular complexity index is 1800. The van der Waals surface area contributed by atoms with Crippen molar-refractivity contribution in [3.8, 4) is 23.0 Å². The van der Waals surface area contributed by atoms with Gasteiger partial charge in [-0.1, -0.05) is 6.07 Å². The molecule has 0 spiro atoms. The Morgan fingerprint density at radius 2 is 1.47 bits per heavy atom. The van der Waals surface area contributed by atoms with Crippen LogP contribution in [-0.4, -0.2) is 50.7 Å². The molecule has 0 unspecified atom stereocenters. The van der Waals surface area contributed by atoms with E-state index in [2.05, 4.69) is 4.72 Å². The zero-order valence-electron chi connectivity index (χ0n) is 24.2. The first-order valence-electron chi connectivity index (χ1n) is 13.1. The highest BCUT2D eigenvalue weighted by Crippen LogP contribution is 2.38. The molecule has 0 saturated heterocycles. The summed E-state index contributed by atoms with van der Waals surface area (Å²) in [6, 6.07) is 11.6. The summed E-state index contributed by atoms with van der Waals surface area (Å²) in [6.07, 6.45) is -4.07. The van der Waals surface area contributed by atoms with Gasteiger partial charge in [-0.2, -0.15) is 13.2 Å². The van der Waals surface area contributed by atoms with E-state index in [-0.39, 0.29) is 45.9 Å². The molecule has 0 amide bonds. The van der Waals surface area contributed by atoms with Gasteiger partial charge in [0.15, 0.2) is 12.4 Å². The van der Waals surface area contributed by atoms with Crippen LogP contribution in [0.15, 0.2) is 58.2 Å². The Balaban J connectivity index is 1.78. The Morgan fingerprint density at radius 1 is 0.837 bits per heavy atom. The first-order valence-corrected chi connectivity index (χ1v) is 14.6. The highest BCUT2D eigenvalue weighted by Gasteiger charge is 2.29. The number of nitrogens with zero attached hydrogens (tertiary/aromatic N) is 2. The fourth-order valence-electron chi connectivity index (χ4n) is 4.23. The SMILES string of the molecule is COCCCOc1cc(OCC(F)(F)F)cc(Oc2cc3c(cc2NS(=O)(=O)c2ccc(C)c(C)c2)n(C)c(=O)n3C)c1. The Labute approximate surface area is 246 Å². The molecule has 0 aliphatic carbocycles. The van der Waals surface area contributed by atoms with Crippen LogP contribution in [0.4, 0.5) is 18.9 Å². The Kier molecular flexibility index (Phi) is 9.30. The fraction of sp³-hybridized carbons (Fsp3) is 0.345. The number of fused-ring (bicyclic) bond motifs is 1. The molecule has 1 N–H and O–H groups in total. The predicted octanol–water partition coefficient (Wildman–Crippen LogP) is 5.44. The molecule has 10 nitrogen and oxygen atoms in total. The summed E-state index contributed by atoms with van der Waals surface area (Å²) in [6.45, 7) is 2.72. The van der Waals surface area contributed by atoms with Crippen LogP contribution in [0.25, 0.3) is 11.0 Å². The number of methoxy groups -OCH3 is 1. The number of alkyl halides is 3. The second kappa shape index (κ2) is 12.6. The van der Waals surface area contributed by atoms with Gasteiger partial charge < -0.3 is 18.9 Å². The summed E-state index contributed by atoms with van der Waals surface area (Å²) in [5.41, 5.74) is 2.17. The van der Waals surface area contributed by atoms with Gasteiger partial charge in [-0.3, -0.25) is 13.9 Å². The molecule has 1 heterocycles. The highest BCUT2D eigenvalue weighted by atomic mass is 32.2. The maximum atomic E-state index is 13.4. The van der Waals surface area contributed by atoms with Crippen molar-refractivity contribution in [3.05, 3.63) is 70.1 Å². The molecule has 4 rings (SSSR count). The third-order valence-corrected chi connectivity index (χ3v) is 8.01. The molecule has 14 heteroatoms. The van der Waals surface area contributed by atoms with Crippen LogP contribution in [0.1, 0.15) is 17.5 Å². The first-order chi connectivity index (χ1) is 20.2. The van der Waals surface area contributed by atoms with Crippen molar-refractivity contribution in [1.82, 2.24) is 9.13 Å². The number of aryl methyl sites for hydroxylation is 4. The van der Waals surface area contributed by atoms with Gasteiger partial charge in [0.25, 0.3) is 10.0 Å². The van der Waals surface area contributed by atoms with Crippen molar-refractivity contribution in [2.24, 2.45) is 14.1 Å². The van der Waals surface area contributed by atoms with E-state index in [1.54, 1.807) is 27.1 Å². The van der Waals surface area contributed by atoms with E-state index in [4.69, 9.17) is 18.9 Å². The summed E-state index contributed by atoms with van der Waals surface area (Å²) < 4.78 is 92.5. The van der Waals surface area contributed by atoms with E-state index in [1.807, 2.05) is 6.92 Å². The van der Waals surface area contributed by atoms with Gasteiger partial charge in [-0.05, 0) is 43.2 Å². The normalized spacial score (nSPS) is 12.0. The molecule has 232 valence electrons. The summed E-state index contributed by atoms with van der Waals surface area (Å²) in [4.78, 5) is 12.7. The van der Waals surface area contributed by atoms with Crippen molar-refractivity contribution in [2.45, 2.75) is 31.3 Å². The van der Waals surface area contributed by atoms with Crippen LogP contribution in [0.3, 0.4) is 0 Å². The number of rotatable bonds is 12. The molecule has 0 atom stereocenters. The van der Waals surface area contributed by atoms with E-state index in [1.165, 1.54) is 58.7 Å². The van der Waals surface area contributed by atoms with Crippen LogP contribution in [-0.2, 0) is 28.9 Å². The highest BCUT2D eigenvalue weighted by molar-refractivity contribution is 7.92. The van der Waals surface area contributed by atoms with Crippen LogP contribution >= 0.6 is 0 Å². The molecule has 0 saturated carbocycles. The zero-order chi connectivity index (χ0) is 31.5. The summed E-state index contributed by atoms with van der Waals surface area (Å²) in [5.74, 6) is -0.0222. The first kappa shape index (κ1) is 31.8. The van der Waals surface area contributed by atoms with E-state index < -0.39 is 22.8 Å². The molecule has 1 aromatic heterocycles. The summed E-state index contributed by atoms with van der Waals surface area (Å²) >= 11 is 0. The standard InChI is InChI=1S/C29H32F3N3O7S/c1-18-7-8-23(11-19(18)2)43(37,38)33-24-15-25-26(35(4)28(36)34(25)3)16-27(24)42-22-13-20(40-10-6-9-39-5)12-21(14-22)41-17-29(30,31)32/h7-8,11-16,33H,6,9-10,17H2,1-5H3. The van der Waals surface area contributed by atoms with Crippen LogP contribution in [0.2, 0.25) is 0 Å². The number of hydrogen-bond donors (Lipinski definition) is 1. The summed E-state index contributed by atoms with van der Waals surface area (Å²) in [7, 11) is 0.499. The number of nitrogens with one attached hydrogen (secondary N) is 1. The zero-order valence-corrected chi connectivity index (χ0v) is 25.1. The lowest BCUT2D eigenvalue weighted by molar-refractivity contribution is -0.153. The Hall–Kier alpha value is -4.17. The number of hydrogen-bond acceptors (Lipinski definition) is 7. The summed E-state index contributed by atoms with van der Waals surface area (Å²) in [5, 5.41) is 0. The van der Waals surface area contributed by atoms with Gasteiger partial charge in [-0.15, -0.1) is 0 Å². The third-order valence-electron chi connectivity index (χ3n) is 6.65. The van der Waals surface area contributed by atoms with Crippen molar-refractivity contribution >= 4 is 26.7 Å².